The van der Waals surface area contributed by atoms with E-state index in [-0.39, 0.29) is 18.9 Å². The zero-order valence-corrected chi connectivity index (χ0v) is 16.2. The third kappa shape index (κ3) is 3.84. The van der Waals surface area contributed by atoms with Crippen LogP contribution in [0.4, 0.5) is 4.39 Å². The molecule has 2 heterocycles. The molecule has 1 aromatic carbocycles. The fourth-order valence-electron chi connectivity index (χ4n) is 3.26. The van der Waals surface area contributed by atoms with Crippen molar-refractivity contribution in [2.24, 2.45) is 5.73 Å². The molecule has 0 fully saturated rings. The van der Waals surface area contributed by atoms with Crippen LogP contribution in [0, 0.1) is 13.8 Å². The summed E-state index contributed by atoms with van der Waals surface area (Å²) in [5.41, 5.74) is 10.9. The van der Waals surface area contributed by atoms with Gasteiger partial charge in [-0.25, -0.2) is 4.39 Å². The van der Waals surface area contributed by atoms with Crippen LogP contribution >= 0.6 is 11.8 Å². The fourth-order valence-corrected chi connectivity index (χ4v) is 3.67. The number of thioether (sulfide) groups is 1. The van der Waals surface area contributed by atoms with E-state index in [4.69, 9.17) is 5.73 Å². The van der Waals surface area contributed by atoms with Crippen LogP contribution in [0.25, 0.3) is 10.9 Å². The Morgan fingerprint density at radius 2 is 2.00 bits per heavy atom. The van der Waals surface area contributed by atoms with Gasteiger partial charge in [0.1, 0.15) is 5.83 Å². The van der Waals surface area contributed by atoms with Crippen LogP contribution < -0.4 is 5.73 Å². The van der Waals surface area contributed by atoms with Gasteiger partial charge in [0.2, 0.25) is 0 Å². The maximum Gasteiger partial charge on any atom is 0.117 e. The van der Waals surface area contributed by atoms with Crippen molar-refractivity contribution in [1.29, 1.82) is 0 Å². The lowest BCUT2D eigenvalue weighted by Crippen LogP contribution is -2.04. The number of allylic oxidation sites excluding steroid dienone is 1. The van der Waals surface area contributed by atoms with Gasteiger partial charge in [0, 0.05) is 34.4 Å². The molecular weight excluding hydrogens is 345 g/mol. The summed E-state index contributed by atoms with van der Waals surface area (Å²) >= 11 is 1.73. The molecule has 0 aliphatic carbocycles. The van der Waals surface area contributed by atoms with E-state index in [9.17, 15) is 4.39 Å². The van der Waals surface area contributed by atoms with Crippen LogP contribution in [0.15, 0.2) is 53.3 Å². The number of aromatic nitrogens is 2. The predicted octanol–water partition coefficient (Wildman–Crippen LogP) is 4.78. The van der Waals surface area contributed by atoms with Crippen LogP contribution in [0.2, 0.25) is 0 Å². The van der Waals surface area contributed by atoms with E-state index < -0.39 is 0 Å². The summed E-state index contributed by atoms with van der Waals surface area (Å²) in [5, 5.41) is 1.09. The van der Waals surface area contributed by atoms with Crippen molar-refractivity contribution in [3.63, 3.8) is 0 Å². The summed E-state index contributed by atoms with van der Waals surface area (Å²) in [6.45, 7) is 4.42. The summed E-state index contributed by atoms with van der Waals surface area (Å²) in [4.78, 5) is 5.71. The standard InChI is InChI=1S/C21H24FN3S/c1-14-10-21-20(12-24-14)19(11-16-4-6-18(26-3)7-5-16)15(2)25(21)13-17(22)8-9-23/h4-8,10,12H,9,11,13,23H2,1-3H3/b17-8-. The molecule has 0 aliphatic rings. The van der Waals surface area contributed by atoms with Gasteiger partial charge in [-0.15, -0.1) is 11.8 Å². The number of halogens is 1. The molecule has 5 heteroatoms. The number of fused-ring (bicyclic) bond motifs is 1. The summed E-state index contributed by atoms with van der Waals surface area (Å²) in [6.07, 6.45) is 6.21. The molecular formula is C21H24FN3S. The van der Waals surface area contributed by atoms with E-state index in [1.54, 1.807) is 11.8 Å². The van der Waals surface area contributed by atoms with E-state index in [2.05, 4.69) is 42.4 Å². The minimum atomic E-state index is -0.210. The zero-order chi connectivity index (χ0) is 18.7. The molecule has 0 saturated carbocycles. The number of nitrogens with zero attached hydrogens (tertiary/aromatic N) is 2. The highest BCUT2D eigenvalue weighted by Gasteiger charge is 2.16. The molecule has 0 radical (unpaired) electrons. The molecule has 2 N–H and O–H groups in total. The van der Waals surface area contributed by atoms with Crippen LogP contribution in [0.3, 0.4) is 0 Å². The molecule has 0 bridgehead atoms. The highest BCUT2D eigenvalue weighted by atomic mass is 32.2. The number of pyridine rings is 1. The van der Waals surface area contributed by atoms with Crippen molar-refractivity contribution in [3.05, 3.63) is 70.9 Å². The van der Waals surface area contributed by atoms with Crippen LogP contribution in [0.1, 0.15) is 22.5 Å². The van der Waals surface area contributed by atoms with Gasteiger partial charge in [-0.3, -0.25) is 4.98 Å². The summed E-state index contributed by atoms with van der Waals surface area (Å²) in [5.74, 6) is -0.210. The average molecular weight is 370 g/mol. The van der Waals surface area contributed by atoms with Crippen molar-refractivity contribution >= 4 is 22.7 Å². The van der Waals surface area contributed by atoms with Crippen molar-refractivity contribution in [2.45, 2.75) is 31.7 Å². The Morgan fingerprint density at radius 3 is 2.65 bits per heavy atom. The van der Waals surface area contributed by atoms with Crippen LogP contribution in [0.5, 0.6) is 0 Å². The summed E-state index contributed by atoms with van der Waals surface area (Å²) < 4.78 is 16.2. The van der Waals surface area contributed by atoms with Gasteiger partial charge >= 0.3 is 0 Å². The number of aryl methyl sites for hydroxylation is 1. The van der Waals surface area contributed by atoms with Gasteiger partial charge in [-0.1, -0.05) is 12.1 Å². The molecule has 0 amide bonds. The number of hydrogen-bond donors (Lipinski definition) is 1. The number of nitrogens with two attached hydrogens (primary N) is 1. The topological polar surface area (TPSA) is 43.8 Å². The van der Waals surface area contributed by atoms with Crippen LogP contribution in [-0.2, 0) is 13.0 Å². The molecule has 2 aromatic heterocycles. The monoisotopic (exact) mass is 369 g/mol. The highest BCUT2D eigenvalue weighted by Crippen LogP contribution is 2.29. The van der Waals surface area contributed by atoms with E-state index >= 15 is 0 Å². The first kappa shape index (κ1) is 18.7. The van der Waals surface area contributed by atoms with E-state index in [0.29, 0.717) is 0 Å². The van der Waals surface area contributed by atoms with Crippen molar-refractivity contribution in [3.8, 4) is 0 Å². The Hall–Kier alpha value is -2.11. The normalized spacial score (nSPS) is 12.1. The van der Waals surface area contributed by atoms with Gasteiger partial charge in [0.15, 0.2) is 0 Å². The maximum atomic E-state index is 14.2. The SMILES string of the molecule is CSc1ccc(Cc2c(C)n(C/C(F)=C/CN)c3cc(C)ncc23)cc1. The van der Waals surface area contributed by atoms with Crippen molar-refractivity contribution in [1.82, 2.24) is 9.55 Å². The highest BCUT2D eigenvalue weighted by molar-refractivity contribution is 7.98. The molecule has 26 heavy (non-hydrogen) atoms. The minimum Gasteiger partial charge on any atom is -0.338 e. The molecule has 0 spiro atoms. The van der Waals surface area contributed by atoms with Crippen molar-refractivity contribution in [2.75, 3.05) is 12.8 Å². The molecule has 0 atom stereocenters. The lowest BCUT2D eigenvalue weighted by Gasteiger charge is -2.08. The molecule has 0 unspecified atom stereocenters. The summed E-state index contributed by atoms with van der Waals surface area (Å²) in [6, 6.07) is 10.6. The Morgan fingerprint density at radius 1 is 1.27 bits per heavy atom. The second-order valence-corrected chi connectivity index (χ2v) is 7.28. The van der Waals surface area contributed by atoms with Gasteiger partial charge < -0.3 is 10.3 Å². The molecule has 0 aliphatic heterocycles. The predicted molar refractivity (Wildman–Crippen MR) is 108 cm³/mol. The first-order valence-corrected chi connectivity index (χ1v) is 9.87. The second-order valence-electron chi connectivity index (χ2n) is 6.40. The molecule has 3 aromatic rings. The molecule has 0 saturated heterocycles. The van der Waals surface area contributed by atoms with E-state index in [1.807, 2.05) is 23.8 Å². The minimum absolute atomic E-state index is 0.203. The van der Waals surface area contributed by atoms with E-state index in [1.165, 1.54) is 22.1 Å². The number of hydrogen-bond acceptors (Lipinski definition) is 3. The lowest BCUT2D eigenvalue weighted by molar-refractivity contribution is 0.554. The smallest absolute Gasteiger partial charge is 0.117 e. The number of rotatable bonds is 6. The van der Waals surface area contributed by atoms with Gasteiger partial charge in [0.05, 0.1) is 12.1 Å². The third-order valence-electron chi connectivity index (χ3n) is 4.66. The molecule has 136 valence electrons. The molecule has 3 rings (SSSR count). The van der Waals surface area contributed by atoms with Crippen LogP contribution in [-0.4, -0.2) is 22.4 Å². The third-order valence-corrected chi connectivity index (χ3v) is 5.41. The van der Waals surface area contributed by atoms with Crippen molar-refractivity contribution < 1.29 is 4.39 Å². The van der Waals surface area contributed by atoms with E-state index in [0.717, 1.165) is 28.7 Å². The fraction of sp³-hybridized carbons (Fsp3) is 0.286. The van der Waals surface area contributed by atoms with Gasteiger partial charge in [0.25, 0.3) is 0 Å². The second kappa shape index (κ2) is 8.06. The first-order chi connectivity index (χ1) is 12.5. The number of benzene rings is 1. The largest absolute Gasteiger partial charge is 0.338 e. The van der Waals surface area contributed by atoms with Gasteiger partial charge in [-0.05, 0) is 61.9 Å². The Bertz CT molecular complexity index is 942. The quantitative estimate of drug-likeness (QED) is 0.636. The summed E-state index contributed by atoms with van der Waals surface area (Å²) in [7, 11) is 0. The lowest BCUT2D eigenvalue weighted by atomic mass is 10.0. The Balaban J connectivity index is 2.06. The Labute approximate surface area is 158 Å². The zero-order valence-electron chi connectivity index (χ0n) is 15.4. The molecule has 3 nitrogen and oxygen atoms in total. The Kier molecular flexibility index (Phi) is 5.79. The van der Waals surface area contributed by atoms with Gasteiger partial charge in [-0.2, -0.15) is 0 Å². The maximum absolute atomic E-state index is 14.2. The average Bonchev–Trinajstić information content (AvgIpc) is 2.88. The first-order valence-electron chi connectivity index (χ1n) is 8.65.